The fraction of sp³-hybridized carbons (Fsp3) is 0.562. The number of nitriles is 1. The van der Waals surface area contributed by atoms with Gasteiger partial charge in [-0.05, 0) is 36.8 Å². The van der Waals surface area contributed by atoms with Crippen molar-refractivity contribution in [3.63, 3.8) is 0 Å². The Morgan fingerprint density at radius 2 is 1.84 bits per heavy atom. The van der Waals surface area contributed by atoms with E-state index in [0.717, 1.165) is 32.3 Å². The van der Waals surface area contributed by atoms with Gasteiger partial charge in [0.1, 0.15) is 0 Å². The van der Waals surface area contributed by atoms with Crippen LogP contribution in [0, 0.1) is 16.7 Å². The molecule has 0 fully saturated rings. The van der Waals surface area contributed by atoms with E-state index in [-0.39, 0.29) is 5.41 Å². The van der Waals surface area contributed by atoms with Gasteiger partial charge in [-0.1, -0.05) is 24.3 Å². The van der Waals surface area contributed by atoms with Crippen LogP contribution in [0.15, 0.2) is 24.3 Å². The van der Waals surface area contributed by atoms with Gasteiger partial charge >= 0.3 is 0 Å². The number of hydrogen-bond donors (Lipinski definition) is 0. The average molecular weight is 259 g/mol. The Hall–Kier alpha value is -1.37. The Labute approximate surface area is 115 Å². The number of nitrogens with zero attached hydrogens (tertiary/aromatic N) is 1. The average Bonchev–Trinajstić information content (AvgIpc) is 2.82. The minimum atomic E-state index is -0.259. The molecule has 3 heteroatoms. The first kappa shape index (κ1) is 14.0. The minimum absolute atomic E-state index is 0.259. The Kier molecular flexibility index (Phi) is 4.95. The Morgan fingerprint density at radius 1 is 1.16 bits per heavy atom. The predicted octanol–water partition coefficient (Wildman–Crippen LogP) is 2.74. The summed E-state index contributed by atoms with van der Waals surface area (Å²) >= 11 is 0. The van der Waals surface area contributed by atoms with Crippen LogP contribution in [0.1, 0.15) is 24.0 Å². The normalized spacial score (nSPS) is 16.0. The molecule has 1 aromatic rings. The lowest BCUT2D eigenvalue weighted by Crippen LogP contribution is -2.21. The van der Waals surface area contributed by atoms with Crippen molar-refractivity contribution in [2.45, 2.75) is 25.7 Å². The summed E-state index contributed by atoms with van der Waals surface area (Å²) in [5.41, 5.74) is 2.39. The molecule has 1 aliphatic rings. The highest BCUT2D eigenvalue weighted by Gasteiger charge is 2.36. The van der Waals surface area contributed by atoms with Gasteiger partial charge in [-0.2, -0.15) is 5.26 Å². The van der Waals surface area contributed by atoms with Crippen LogP contribution in [-0.4, -0.2) is 26.9 Å². The fourth-order valence-electron chi connectivity index (χ4n) is 2.68. The molecule has 0 aromatic heterocycles. The summed E-state index contributed by atoms with van der Waals surface area (Å²) in [5, 5.41) is 9.50. The molecule has 0 bridgehead atoms. The second-order valence-electron chi connectivity index (χ2n) is 5.22. The third-order valence-corrected chi connectivity index (χ3v) is 3.78. The van der Waals surface area contributed by atoms with Crippen LogP contribution in [0.3, 0.4) is 0 Å². The van der Waals surface area contributed by atoms with Crippen LogP contribution in [-0.2, 0) is 22.3 Å². The standard InChI is InChI=1S/C16H21NO2/c1-18-8-4-9-19-10-7-16(13-17)11-14-5-2-3-6-15(14)12-16/h2-3,5-6H,4,7-12H2,1H3. The van der Waals surface area contributed by atoms with Gasteiger partial charge in [-0.15, -0.1) is 0 Å². The Morgan fingerprint density at radius 3 is 2.42 bits per heavy atom. The van der Waals surface area contributed by atoms with Gasteiger partial charge in [-0.25, -0.2) is 0 Å². The van der Waals surface area contributed by atoms with Crippen molar-refractivity contribution in [3.8, 4) is 6.07 Å². The summed E-state index contributed by atoms with van der Waals surface area (Å²) < 4.78 is 10.6. The van der Waals surface area contributed by atoms with Gasteiger partial charge in [0.05, 0.1) is 11.5 Å². The molecule has 102 valence electrons. The van der Waals surface area contributed by atoms with E-state index >= 15 is 0 Å². The van der Waals surface area contributed by atoms with Crippen molar-refractivity contribution in [1.82, 2.24) is 0 Å². The molecular weight excluding hydrogens is 238 g/mol. The quantitative estimate of drug-likeness (QED) is 0.707. The molecule has 2 rings (SSSR count). The fourth-order valence-corrected chi connectivity index (χ4v) is 2.68. The van der Waals surface area contributed by atoms with Crippen molar-refractivity contribution >= 4 is 0 Å². The van der Waals surface area contributed by atoms with Crippen LogP contribution < -0.4 is 0 Å². The lowest BCUT2D eigenvalue weighted by atomic mass is 9.83. The van der Waals surface area contributed by atoms with Gasteiger partial charge in [-0.3, -0.25) is 0 Å². The topological polar surface area (TPSA) is 42.2 Å². The van der Waals surface area contributed by atoms with Crippen LogP contribution in [0.25, 0.3) is 0 Å². The zero-order chi connectivity index (χ0) is 13.6. The first-order chi connectivity index (χ1) is 9.29. The molecule has 0 amide bonds. The molecular formula is C16H21NO2. The van der Waals surface area contributed by atoms with Crippen molar-refractivity contribution < 1.29 is 9.47 Å². The summed E-state index contributed by atoms with van der Waals surface area (Å²) in [5.74, 6) is 0. The Bertz CT molecular complexity index is 425. The summed E-state index contributed by atoms with van der Waals surface area (Å²) in [6, 6.07) is 10.9. The van der Waals surface area contributed by atoms with Crippen LogP contribution in [0.2, 0.25) is 0 Å². The molecule has 3 nitrogen and oxygen atoms in total. The zero-order valence-electron chi connectivity index (χ0n) is 11.5. The molecule has 0 saturated heterocycles. The maximum atomic E-state index is 9.50. The second kappa shape index (κ2) is 6.70. The second-order valence-corrected chi connectivity index (χ2v) is 5.22. The van der Waals surface area contributed by atoms with Gasteiger partial charge in [0, 0.05) is 26.9 Å². The molecule has 1 aromatic carbocycles. The number of methoxy groups -OCH3 is 1. The largest absolute Gasteiger partial charge is 0.385 e. The van der Waals surface area contributed by atoms with E-state index in [1.165, 1.54) is 11.1 Å². The van der Waals surface area contributed by atoms with Crippen LogP contribution in [0.4, 0.5) is 0 Å². The smallest absolute Gasteiger partial charge is 0.0697 e. The van der Waals surface area contributed by atoms with Gasteiger partial charge in [0.25, 0.3) is 0 Å². The van der Waals surface area contributed by atoms with E-state index < -0.39 is 0 Å². The van der Waals surface area contributed by atoms with Crippen molar-refractivity contribution in [3.05, 3.63) is 35.4 Å². The van der Waals surface area contributed by atoms with Crippen molar-refractivity contribution in [1.29, 1.82) is 5.26 Å². The molecule has 0 saturated carbocycles. The number of hydrogen-bond acceptors (Lipinski definition) is 3. The highest BCUT2D eigenvalue weighted by molar-refractivity contribution is 5.36. The van der Waals surface area contributed by atoms with E-state index in [9.17, 15) is 5.26 Å². The van der Waals surface area contributed by atoms with Crippen LogP contribution in [0.5, 0.6) is 0 Å². The maximum Gasteiger partial charge on any atom is 0.0697 e. The van der Waals surface area contributed by atoms with E-state index in [1.807, 2.05) is 12.1 Å². The summed E-state index contributed by atoms with van der Waals surface area (Å²) in [7, 11) is 1.69. The first-order valence-corrected chi connectivity index (χ1v) is 6.84. The molecule has 0 heterocycles. The summed E-state index contributed by atoms with van der Waals surface area (Å²) in [6.07, 6.45) is 3.45. The number of rotatable bonds is 7. The van der Waals surface area contributed by atoms with E-state index in [2.05, 4.69) is 18.2 Å². The lowest BCUT2D eigenvalue weighted by molar-refractivity contribution is 0.0873. The number of benzene rings is 1. The van der Waals surface area contributed by atoms with E-state index in [4.69, 9.17) is 9.47 Å². The molecule has 0 atom stereocenters. The third kappa shape index (κ3) is 3.56. The summed E-state index contributed by atoms with van der Waals surface area (Å²) in [6.45, 7) is 2.10. The van der Waals surface area contributed by atoms with Crippen LogP contribution >= 0.6 is 0 Å². The maximum absolute atomic E-state index is 9.50. The van der Waals surface area contributed by atoms with Crippen molar-refractivity contribution in [2.75, 3.05) is 26.9 Å². The molecule has 19 heavy (non-hydrogen) atoms. The Balaban J connectivity index is 1.81. The van der Waals surface area contributed by atoms with E-state index in [0.29, 0.717) is 13.2 Å². The highest BCUT2D eigenvalue weighted by atomic mass is 16.5. The molecule has 0 radical (unpaired) electrons. The highest BCUT2D eigenvalue weighted by Crippen LogP contribution is 2.39. The predicted molar refractivity (Wildman–Crippen MR) is 73.8 cm³/mol. The molecule has 1 aliphatic carbocycles. The van der Waals surface area contributed by atoms with Crippen molar-refractivity contribution in [2.24, 2.45) is 5.41 Å². The monoisotopic (exact) mass is 259 g/mol. The molecule has 0 N–H and O–H groups in total. The zero-order valence-corrected chi connectivity index (χ0v) is 11.5. The lowest BCUT2D eigenvalue weighted by Gasteiger charge is -2.19. The minimum Gasteiger partial charge on any atom is -0.385 e. The molecule has 0 spiro atoms. The number of ether oxygens (including phenoxy) is 2. The van der Waals surface area contributed by atoms with Gasteiger partial charge < -0.3 is 9.47 Å². The summed E-state index contributed by atoms with van der Waals surface area (Å²) in [4.78, 5) is 0. The van der Waals surface area contributed by atoms with Gasteiger partial charge in [0.2, 0.25) is 0 Å². The van der Waals surface area contributed by atoms with Gasteiger partial charge in [0.15, 0.2) is 0 Å². The molecule has 0 aliphatic heterocycles. The first-order valence-electron chi connectivity index (χ1n) is 6.84. The molecule has 0 unspecified atom stereocenters. The SMILES string of the molecule is COCCCOCCC1(C#N)Cc2ccccc2C1. The number of fused-ring (bicyclic) bond motifs is 1. The third-order valence-electron chi connectivity index (χ3n) is 3.78. The van der Waals surface area contributed by atoms with E-state index in [1.54, 1.807) is 7.11 Å².